The summed E-state index contributed by atoms with van der Waals surface area (Å²) in [5.41, 5.74) is 5.69. The van der Waals surface area contributed by atoms with E-state index in [2.05, 4.69) is 4.98 Å². The zero-order valence-electron chi connectivity index (χ0n) is 6.40. The third-order valence-corrected chi connectivity index (χ3v) is 2.98. The summed E-state index contributed by atoms with van der Waals surface area (Å²) in [6, 6.07) is 1.27. The molecule has 0 aromatic carbocycles. The molecule has 1 rings (SSSR count). The molecule has 0 fully saturated rings. The Morgan fingerprint density at radius 3 is 2.69 bits per heavy atom. The van der Waals surface area contributed by atoms with Gasteiger partial charge < -0.3 is 5.73 Å². The molecule has 0 unspecified atom stereocenters. The van der Waals surface area contributed by atoms with Crippen LogP contribution < -0.4 is 5.73 Å². The molecule has 72 valence electrons. The number of anilines is 1. The number of hydrogen-bond acceptors (Lipinski definition) is 2. The van der Waals surface area contributed by atoms with Gasteiger partial charge in [0.25, 0.3) is 6.43 Å². The number of rotatable bonds is 2. The lowest BCUT2D eigenvalue weighted by Gasteiger charge is -2.06. The van der Waals surface area contributed by atoms with Crippen LogP contribution in [0, 0.1) is 3.57 Å². The van der Waals surface area contributed by atoms with Crippen molar-refractivity contribution in [3.05, 3.63) is 20.9 Å². The highest BCUT2D eigenvalue weighted by atomic mass is 127. The Labute approximate surface area is 92.6 Å². The highest BCUT2D eigenvalue weighted by Gasteiger charge is 2.13. The summed E-state index contributed by atoms with van der Waals surface area (Å²) < 4.78 is 25.1. The van der Waals surface area contributed by atoms with Crippen LogP contribution in [0.1, 0.15) is 17.7 Å². The zero-order chi connectivity index (χ0) is 10.0. The third kappa shape index (κ3) is 2.40. The molecular formula is C7H6ClF2IN2. The minimum Gasteiger partial charge on any atom is -0.383 e. The van der Waals surface area contributed by atoms with Gasteiger partial charge in [-0.05, 0) is 34.2 Å². The summed E-state index contributed by atoms with van der Waals surface area (Å²) in [6.07, 6.45) is -2.61. The van der Waals surface area contributed by atoms with Gasteiger partial charge in [0.1, 0.15) is 11.5 Å². The molecule has 13 heavy (non-hydrogen) atoms. The van der Waals surface area contributed by atoms with Crippen molar-refractivity contribution in [1.29, 1.82) is 0 Å². The predicted molar refractivity (Wildman–Crippen MR) is 55.9 cm³/mol. The van der Waals surface area contributed by atoms with E-state index in [1.807, 2.05) is 22.6 Å². The molecule has 1 heterocycles. The first-order valence-corrected chi connectivity index (χ1v) is 4.96. The van der Waals surface area contributed by atoms with Crippen molar-refractivity contribution in [2.75, 3.05) is 5.73 Å². The number of aromatic nitrogens is 1. The van der Waals surface area contributed by atoms with Gasteiger partial charge >= 0.3 is 0 Å². The first-order chi connectivity index (χ1) is 6.06. The van der Waals surface area contributed by atoms with Crippen LogP contribution in [0.4, 0.5) is 14.6 Å². The number of hydrogen-bond donors (Lipinski definition) is 1. The average Bonchev–Trinajstić information content (AvgIpc) is 2.09. The van der Waals surface area contributed by atoms with Crippen molar-refractivity contribution >= 4 is 40.0 Å². The Kier molecular flexibility index (Phi) is 3.66. The molecule has 0 aliphatic rings. The van der Waals surface area contributed by atoms with E-state index in [-0.39, 0.29) is 17.4 Å². The quantitative estimate of drug-likeness (QED) is 0.672. The van der Waals surface area contributed by atoms with Crippen LogP contribution in [-0.4, -0.2) is 4.98 Å². The number of halogens is 4. The maximum absolute atomic E-state index is 12.2. The van der Waals surface area contributed by atoms with Crippen LogP contribution in [0.3, 0.4) is 0 Å². The first kappa shape index (κ1) is 10.9. The van der Waals surface area contributed by atoms with Crippen molar-refractivity contribution in [3.63, 3.8) is 0 Å². The predicted octanol–water partition coefficient (Wildman–Crippen LogP) is 2.94. The fourth-order valence-electron chi connectivity index (χ4n) is 0.836. The van der Waals surface area contributed by atoms with E-state index in [0.717, 1.165) is 0 Å². The lowest BCUT2D eigenvalue weighted by Crippen LogP contribution is -2.02. The summed E-state index contributed by atoms with van der Waals surface area (Å²) in [5, 5.41) is 0. The smallest absolute Gasteiger partial charge is 0.280 e. The van der Waals surface area contributed by atoms with E-state index >= 15 is 0 Å². The Hall–Kier alpha value is -0.170. The fourth-order valence-corrected chi connectivity index (χ4v) is 1.74. The van der Waals surface area contributed by atoms with E-state index < -0.39 is 6.43 Å². The highest BCUT2D eigenvalue weighted by Crippen LogP contribution is 2.25. The van der Waals surface area contributed by atoms with Crippen molar-refractivity contribution in [2.45, 2.75) is 12.3 Å². The maximum Gasteiger partial charge on any atom is 0.280 e. The maximum atomic E-state index is 12.2. The van der Waals surface area contributed by atoms with Gasteiger partial charge in [0.2, 0.25) is 0 Å². The van der Waals surface area contributed by atoms with Gasteiger partial charge in [-0.2, -0.15) is 0 Å². The summed E-state index contributed by atoms with van der Waals surface area (Å²) in [6.45, 7) is 0. The van der Waals surface area contributed by atoms with Crippen LogP contribution in [0.2, 0.25) is 0 Å². The van der Waals surface area contributed by atoms with Gasteiger partial charge in [-0.15, -0.1) is 11.6 Å². The molecule has 0 aliphatic carbocycles. The van der Waals surface area contributed by atoms with Gasteiger partial charge in [-0.1, -0.05) is 0 Å². The van der Waals surface area contributed by atoms with Gasteiger partial charge in [0.05, 0.1) is 3.57 Å². The van der Waals surface area contributed by atoms with Crippen LogP contribution in [0.25, 0.3) is 0 Å². The summed E-state index contributed by atoms with van der Waals surface area (Å²) in [5.74, 6) is 0.263. The standard InChI is InChI=1S/C7H6ClF2IN2/c8-2-3-1-4(6(9)10)13-7(12)5(3)11/h1,6H,2H2,(H2,12,13). The second-order valence-electron chi connectivity index (χ2n) is 2.34. The van der Waals surface area contributed by atoms with Crippen LogP contribution in [0.15, 0.2) is 6.07 Å². The van der Waals surface area contributed by atoms with Gasteiger partial charge in [0.15, 0.2) is 0 Å². The molecule has 0 radical (unpaired) electrons. The molecule has 0 amide bonds. The topological polar surface area (TPSA) is 38.9 Å². The van der Waals surface area contributed by atoms with Crippen molar-refractivity contribution in [2.24, 2.45) is 0 Å². The molecule has 1 aromatic heterocycles. The van der Waals surface area contributed by atoms with E-state index in [9.17, 15) is 8.78 Å². The largest absolute Gasteiger partial charge is 0.383 e. The zero-order valence-corrected chi connectivity index (χ0v) is 9.31. The molecule has 2 N–H and O–H groups in total. The third-order valence-electron chi connectivity index (χ3n) is 1.45. The highest BCUT2D eigenvalue weighted by molar-refractivity contribution is 14.1. The van der Waals surface area contributed by atoms with Crippen LogP contribution >= 0.6 is 34.2 Å². The summed E-state index contributed by atoms with van der Waals surface area (Å²) >= 11 is 7.48. The Balaban J connectivity index is 3.22. The number of pyridine rings is 1. The molecule has 0 bridgehead atoms. The lowest BCUT2D eigenvalue weighted by atomic mass is 10.2. The Bertz CT molecular complexity index is 320. The lowest BCUT2D eigenvalue weighted by molar-refractivity contribution is 0.146. The van der Waals surface area contributed by atoms with Crippen molar-refractivity contribution in [3.8, 4) is 0 Å². The molecule has 0 spiro atoms. The van der Waals surface area contributed by atoms with E-state index in [4.69, 9.17) is 17.3 Å². The van der Waals surface area contributed by atoms with Gasteiger partial charge in [-0.3, -0.25) is 0 Å². The van der Waals surface area contributed by atoms with E-state index in [1.54, 1.807) is 0 Å². The Morgan fingerprint density at radius 2 is 2.23 bits per heavy atom. The number of nitrogen functional groups attached to an aromatic ring is 1. The minimum absolute atomic E-state index is 0.106. The molecule has 0 aliphatic heterocycles. The monoisotopic (exact) mass is 318 g/mol. The second kappa shape index (κ2) is 4.36. The van der Waals surface area contributed by atoms with Crippen molar-refractivity contribution in [1.82, 2.24) is 4.98 Å². The second-order valence-corrected chi connectivity index (χ2v) is 3.69. The summed E-state index contributed by atoms with van der Waals surface area (Å²) in [7, 11) is 0. The number of nitrogens with zero attached hydrogens (tertiary/aromatic N) is 1. The fraction of sp³-hybridized carbons (Fsp3) is 0.286. The molecule has 6 heteroatoms. The summed E-state index contributed by atoms with van der Waals surface area (Å²) in [4.78, 5) is 3.54. The molecule has 0 atom stereocenters. The normalized spacial score (nSPS) is 10.8. The number of nitrogens with two attached hydrogens (primary N) is 1. The van der Waals surface area contributed by atoms with Crippen molar-refractivity contribution < 1.29 is 8.78 Å². The van der Waals surface area contributed by atoms with Crippen LogP contribution in [-0.2, 0) is 5.88 Å². The molecule has 1 aromatic rings. The average molecular weight is 318 g/mol. The molecule has 0 saturated heterocycles. The molecule has 0 saturated carbocycles. The molecule has 2 nitrogen and oxygen atoms in total. The van der Waals surface area contributed by atoms with Gasteiger partial charge in [0, 0.05) is 5.88 Å². The number of alkyl halides is 3. The SMILES string of the molecule is Nc1nc(C(F)F)cc(CCl)c1I. The first-order valence-electron chi connectivity index (χ1n) is 3.35. The molecular weight excluding hydrogens is 312 g/mol. The van der Waals surface area contributed by atoms with E-state index in [1.165, 1.54) is 6.07 Å². The van der Waals surface area contributed by atoms with Crippen LogP contribution in [0.5, 0.6) is 0 Å². The van der Waals surface area contributed by atoms with E-state index in [0.29, 0.717) is 9.13 Å². The minimum atomic E-state index is -2.61. The Morgan fingerprint density at radius 1 is 1.62 bits per heavy atom. The van der Waals surface area contributed by atoms with Gasteiger partial charge in [-0.25, -0.2) is 13.8 Å².